The van der Waals surface area contributed by atoms with Gasteiger partial charge in [-0.3, -0.25) is 24.3 Å². The smallest absolute Gasteiger partial charge is 0.351 e. The zero-order chi connectivity index (χ0) is 30.3. The van der Waals surface area contributed by atoms with E-state index in [0.29, 0.717) is 4.57 Å². The number of nitrogens with one attached hydrogen (secondary N) is 2. The fourth-order valence-electron chi connectivity index (χ4n) is 3.61. The van der Waals surface area contributed by atoms with E-state index >= 15 is 0 Å². The largest absolute Gasteiger partial charge is 0.463 e. The molecule has 1 aromatic rings. The normalized spacial score (nSPS) is 23.2. The van der Waals surface area contributed by atoms with Crippen LogP contribution in [0.2, 0.25) is 0 Å². The Morgan fingerprint density at radius 2 is 1.70 bits per heavy atom. The number of hydrogen-bond acceptors (Lipinski definition) is 12. The Labute approximate surface area is 234 Å². The molecule has 4 atom stereocenters. The Kier molecular flexibility index (Phi) is 12.5. The topological polar surface area (TPSA) is 196 Å². The fourth-order valence-corrected chi connectivity index (χ4v) is 5.80. The van der Waals surface area contributed by atoms with Crippen LogP contribution in [0.1, 0.15) is 46.8 Å². The molecule has 14 nitrogen and oxygen atoms in total. The van der Waals surface area contributed by atoms with Crippen molar-refractivity contribution in [3.63, 3.8) is 0 Å². The molecule has 2 rings (SSSR count). The number of alkyl halides is 2. The number of carbonyl (C=O) groups excluding carboxylic acids is 2. The van der Waals surface area contributed by atoms with Crippen molar-refractivity contribution in [1.29, 1.82) is 0 Å². The van der Waals surface area contributed by atoms with Crippen LogP contribution in [0.4, 0.5) is 14.6 Å². The monoisotopic (exact) mass is 615 g/mol. The minimum Gasteiger partial charge on any atom is -0.463 e. The van der Waals surface area contributed by atoms with Crippen molar-refractivity contribution in [3.8, 4) is 0 Å². The first-order chi connectivity index (χ1) is 18.6. The van der Waals surface area contributed by atoms with Gasteiger partial charge in [-0.1, -0.05) is 0 Å². The highest BCUT2D eigenvalue weighted by atomic mass is 32.4. The van der Waals surface area contributed by atoms with E-state index in [1.54, 1.807) is 27.7 Å². The zero-order valence-corrected chi connectivity index (χ0v) is 24.2. The van der Waals surface area contributed by atoms with Crippen LogP contribution in [-0.4, -0.2) is 87.8 Å². The Balaban J connectivity index is 2.22. The SMILES string of the molecule is CC(C)OC(=O)CCNP(=S)(NCCC(=O)OC(C)C)OC[C@@]1(C(F)F)O[C@@H](n2ccc(N)nc2=O)[C@H](O)[C@@H]1O. The molecule has 0 unspecified atom stereocenters. The molecule has 40 heavy (non-hydrogen) atoms. The minimum atomic E-state index is -3.47. The number of halogens is 2. The van der Waals surface area contributed by atoms with E-state index in [4.69, 9.17) is 36.3 Å². The van der Waals surface area contributed by atoms with E-state index in [1.807, 2.05) is 0 Å². The van der Waals surface area contributed by atoms with E-state index in [1.165, 1.54) is 6.07 Å². The van der Waals surface area contributed by atoms with Gasteiger partial charge in [-0.15, -0.1) is 0 Å². The second-order valence-electron chi connectivity index (χ2n) is 9.46. The Morgan fingerprint density at radius 3 is 2.15 bits per heavy atom. The molecule has 1 aliphatic heterocycles. The lowest BCUT2D eigenvalue weighted by molar-refractivity contribution is -0.191. The van der Waals surface area contributed by atoms with Gasteiger partial charge in [0.1, 0.15) is 18.0 Å². The molecule has 1 aliphatic rings. The molecule has 0 bridgehead atoms. The number of esters is 2. The van der Waals surface area contributed by atoms with Crippen LogP contribution in [0.15, 0.2) is 17.1 Å². The summed E-state index contributed by atoms with van der Waals surface area (Å²) in [5.41, 5.74) is 1.64. The van der Waals surface area contributed by atoms with Gasteiger partial charge in [0.15, 0.2) is 18.4 Å². The number of carbonyl (C=O) groups is 2. The van der Waals surface area contributed by atoms with Crippen LogP contribution in [0.3, 0.4) is 0 Å². The standard InChI is InChI=1S/C22H36F2N5O9PS/c1-12(2)36-15(30)5-8-26-39(40,27-9-6-16(31)37-13(3)4)35-11-22(20(23)24)18(33)17(32)19(38-22)29-10-7-14(25)28-21(29)34/h7,10,12-13,17-20,32-33H,5-6,8-9,11H2,1-4H3,(H2,25,28,34)(H2,26,27,40)/t17-,18+,19-,22-/m1/s1. The lowest BCUT2D eigenvalue weighted by Gasteiger charge is -2.34. The van der Waals surface area contributed by atoms with Gasteiger partial charge in [-0.25, -0.2) is 13.6 Å². The predicted molar refractivity (Wildman–Crippen MR) is 142 cm³/mol. The summed E-state index contributed by atoms with van der Waals surface area (Å²) in [6.07, 6.45) is -9.25. The number of nitrogens with two attached hydrogens (primary N) is 1. The number of nitrogens with zero attached hydrogens (tertiary/aromatic N) is 2. The maximum Gasteiger partial charge on any atom is 0.351 e. The summed E-state index contributed by atoms with van der Waals surface area (Å²) in [5, 5.41) is 26.8. The van der Waals surface area contributed by atoms with Crippen molar-refractivity contribution in [2.75, 3.05) is 25.4 Å². The minimum absolute atomic E-state index is 0.0743. The molecule has 0 aliphatic carbocycles. The summed E-state index contributed by atoms with van der Waals surface area (Å²) in [5.74, 6) is -1.24. The number of aliphatic hydroxyl groups excluding tert-OH is 2. The number of hydrogen-bond donors (Lipinski definition) is 5. The van der Waals surface area contributed by atoms with E-state index in [0.717, 1.165) is 6.20 Å². The highest BCUT2D eigenvalue weighted by Crippen LogP contribution is 2.45. The molecular formula is C22H36F2N5O9PS. The van der Waals surface area contributed by atoms with Crippen molar-refractivity contribution < 1.29 is 47.3 Å². The second kappa shape index (κ2) is 14.7. The van der Waals surface area contributed by atoms with Crippen molar-refractivity contribution >= 4 is 36.1 Å². The summed E-state index contributed by atoms with van der Waals surface area (Å²) in [4.78, 5) is 39.6. The lowest BCUT2D eigenvalue weighted by Crippen LogP contribution is -2.53. The van der Waals surface area contributed by atoms with Gasteiger partial charge in [0, 0.05) is 19.3 Å². The first-order valence-electron chi connectivity index (χ1n) is 12.4. The summed E-state index contributed by atoms with van der Waals surface area (Å²) in [6, 6.07) is 1.19. The van der Waals surface area contributed by atoms with Crippen molar-refractivity contribution in [1.82, 2.24) is 19.7 Å². The number of aliphatic hydroxyl groups is 2. The van der Waals surface area contributed by atoms with Gasteiger partial charge in [0.25, 0.3) is 6.43 Å². The van der Waals surface area contributed by atoms with E-state index in [9.17, 15) is 33.4 Å². The first kappa shape index (κ1) is 34.1. The third-order valence-corrected chi connectivity index (χ3v) is 8.32. The molecule has 0 spiro atoms. The van der Waals surface area contributed by atoms with Crippen LogP contribution in [0, 0.1) is 0 Å². The third-order valence-electron chi connectivity index (χ3n) is 5.46. The first-order valence-corrected chi connectivity index (χ1v) is 15.1. The zero-order valence-electron chi connectivity index (χ0n) is 22.5. The summed E-state index contributed by atoms with van der Waals surface area (Å²) < 4.78 is 50.7. The predicted octanol–water partition coefficient (Wildman–Crippen LogP) is 0.184. The Hall–Kier alpha value is -2.11. The van der Waals surface area contributed by atoms with E-state index in [-0.39, 0.29) is 44.0 Å². The van der Waals surface area contributed by atoms with Gasteiger partial charge in [0.05, 0.1) is 31.7 Å². The molecule has 0 aromatic carbocycles. The van der Waals surface area contributed by atoms with E-state index in [2.05, 4.69) is 15.2 Å². The van der Waals surface area contributed by atoms with Crippen molar-refractivity contribution in [2.45, 2.75) is 83.2 Å². The van der Waals surface area contributed by atoms with Crippen LogP contribution >= 0.6 is 6.57 Å². The average Bonchev–Trinajstić information content (AvgIpc) is 3.08. The van der Waals surface area contributed by atoms with Gasteiger partial charge >= 0.3 is 17.6 Å². The Morgan fingerprint density at radius 1 is 1.18 bits per heavy atom. The quantitative estimate of drug-likeness (QED) is 0.132. The van der Waals surface area contributed by atoms with Crippen molar-refractivity contribution in [2.24, 2.45) is 0 Å². The van der Waals surface area contributed by atoms with Gasteiger partial charge < -0.3 is 34.7 Å². The van der Waals surface area contributed by atoms with Crippen LogP contribution < -0.4 is 21.6 Å². The summed E-state index contributed by atoms with van der Waals surface area (Å²) in [7, 11) is 0. The van der Waals surface area contributed by atoms with Crippen molar-refractivity contribution in [3.05, 3.63) is 22.7 Å². The maximum atomic E-state index is 14.4. The van der Waals surface area contributed by atoms with E-state index < -0.39 is 61.3 Å². The number of rotatable bonds is 15. The number of nitrogen functional groups attached to an aromatic ring is 1. The molecule has 1 fully saturated rings. The molecule has 0 amide bonds. The molecule has 0 saturated carbocycles. The van der Waals surface area contributed by atoms with Crippen LogP contribution in [-0.2, 0) is 40.1 Å². The average molecular weight is 616 g/mol. The lowest BCUT2D eigenvalue weighted by atomic mass is 9.96. The molecule has 6 N–H and O–H groups in total. The number of ether oxygens (including phenoxy) is 3. The molecule has 18 heteroatoms. The molecule has 2 heterocycles. The number of anilines is 1. The van der Waals surface area contributed by atoms with Crippen LogP contribution in [0.25, 0.3) is 0 Å². The van der Waals surface area contributed by atoms with Gasteiger partial charge in [-0.05, 0) is 45.6 Å². The molecule has 228 valence electrons. The highest BCUT2D eigenvalue weighted by molar-refractivity contribution is 8.10. The molecular weight excluding hydrogens is 579 g/mol. The Bertz CT molecular complexity index is 1100. The third kappa shape index (κ3) is 9.21. The molecule has 1 aromatic heterocycles. The second-order valence-corrected chi connectivity index (χ2v) is 13.0. The highest BCUT2D eigenvalue weighted by Gasteiger charge is 2.61. The maximum absolute atomic E-state index is 14.4. The summed E-state index contributed by atoms with van der Waals surface area (Å²) >= 11 is 5.52. The van der Waals surface area contributed by atoms with Gasteiger partial charge in [0.2, 0.25) is 0 Å². The fraction of sp³-hybridized carbons (Fsp3) is 0.727. The number of aromatic nitrogens is 2. The molecule has 1 saturated heterocycles. The molecule has 0 radical (unpaired) electrons. The van der Waals surface area contributed by atoms with Gasteiger partial charge in [-0.2, -0.15) is 4.98 Å². The van der Waals surface area contributed by atoms with Crippen LogP contribution in [0.5, 0.6) is 0 Å². The summed E-state index contributed by atoms with van der Waals surface area (Å²) in [6.45, 7) is 2.02.